The molecule has 1 fully saturated rings. The highest BCUT2D eigenvalue weighted by Gasteiger charge is 2.54. The van der Waals surface area contributed by atoms with Crippen molar-refractivity contribution in [2.45, 2.75) is 18.9 Å². The number of carbonyl (C=O) groups is 1. The highest BCUT2D eigenvalue weighted by molar-refractivity contribution is 5.90. The van der Waals surface area contributed by atoms with Crippen LogP contribution in [0.25, 0.3) is 0 Å². The molecule has 128 valence electrons. The van der Waals surface area contributed by atoms with Gasteiger partial charge in [0, 0.05) is 12.0 Å². The summed E-state index contributed by atoms with van der Waals surface area (Å²) in [5.74, 6) is 0.838. The van der Waals surface area contributed by atoms with Gasteiger partial charge in [0.1, 0.15) is 6.33 Å². The van der Waals surface area contributed by atoms with Gasteiger partial charge in [0.05, 0.1) is 19.3 Å². The summed E-state index contributed by atoms with van der Waals surface area (Å²) in [5, 5.41) is 2.86. The number of rotatable bonds is 3. The van der Waals surface area contributed by atoms with E-state index in [2.05, 4.69) is 39.6 Å². The average Bonchev–Trinajstić information content (AvgIpc) is 3.13. The molecule has 1 N–H and O–H groups in total. The molecule has 25 heavy (non-hydrogen) atoms. The number of hydrogen-bond donors (Lipinski definition) is 1. The smallest absolute Gasteiger partial charge is 0.323 e. The van der Waals surface area contributed by atoms with Crippen molar-refractivity contribution in [3.8, 4) is 5.75 Å². The monoisotopic (exact) mass is 336 g/mol. The molecule has 6 nitrogen and oxygen atoms in total. The van der Waals surface area contributed by atoms with Crippen LogP contribution in [0.1, 0.15) is 24.4 Å². The second-order valence-electron chi connectivity index (χ2n) is 6.55. The van der Waals surface area contributed by atoms with E-state index in [1.54, 1.807) is 0 Å². The first kappa shape index (κ1) is 15.6. The fourth-order valence-corrected chi connectivity index (χ4v) is 3.90. The van der Waals surface area contributed by atoms with Gasteiger partial charge in [0.15, 0.2) is 11.6 Å². The number of nitrogens with zero attached hydrogens (tertiary/aromatic N) is 3. The molecule has 1 aromatic carbocycles. The maximum Gasteiger partial charge on any atom is 0.323 e. The van der Waals surface area contributed by atoms with Crippen molar-refractivity contribution < 1.29 is 9.53 Å². The fourth-order valence-electron chi connectivity index (χ4n) is 3.90. The van der Waals surface area contributed by atoms with Crippen molar-refractivity contribution in [1.82, 2.24) is 14.9 Å². The van der Waals surface area contributed by atoms with E-state index < -0.39 is 0 Å². The van der Waals surface area contributed by atoms with Crippen molar-refractivity contribution in [3.63, 3.8) is 0 Å². The van der Waals surface area contributed by atoms with Crippen molar-refractivity contribution in [1.29, 1.82) is 0 Å². The summed E-state index contributed by atoms with van der Waals surface area (Å²) in [6.07, 6.45) is 9.39. The molecule has 1 aliphatic carbocycles. The number of nitrogens with one attached hydrogen (secondary N) is 1. The maximum absolute atomic E-state index is 12.9. The summed E-state index contributed by atoms with van der Waals surface area (Å²) in [6, 6.07) is 10.1. The Balaban J connectivity index is 1.58. The molecule has 0 radical (unpaired) electrons. The number of aromatic nitrogens is 2. The molecule has 1 atom stereocenters. The van der Waals surface area contributed by atoms with Crippen LogP contribution in [-0.2, 0) is 0 Å². The van der Waals surface area contributed by atoms with Crippen LogP contribution in [0.4, 0.5) is 10.6 Å². The Bertz CT molecular complexity index is 798. The third-order valence-electron chi connectivity index (χ3n) is 5.09. The van der Waals surface area contributed by atoms with Gasteiger partial charge in [0.25, 0.3) is 0 Å². The lowest BCUT2D eigenvalue weighted by Crippen LogP contribution is -2.60. The molecule has 1 aliphatic heterocycles. The molecular weight excluding hydrogens is 316 g/mol. The van der Waals surface area contributed by atoms with E-state index in [4.69, 9.17) is 4.74 Å². The summed E-state index contributed by atoms with van der Waals surface area (Å²) in [7, 11) is 1.53. The van der Waals surface area contributed by atoms with Gasteiger partial charge in [-0.25, -0.2) is 14.8 Å². The summed E-state index contributed by atoms with van der Waals surface area (Å²) in [4.78, 5) is 22.8. The number of carbonyl (C=O) groups excluding carboxylic acids is 1. The fraction of sp³-hybridized carbons (Fsp3) is 0.316. The topological polar surface area (TPSA) is 67.4 Å². The minimum absolute atomic E-state index is 0.0662. The molecule has 1 spiro atoms. The lowest BCUT2D eigenvalue weighted by molar-refractivity contribution is -0.0308. The first-order valence-corrected chi connectivity index (χ1v) is 8.35. The van der Waals surface area contributed by atoms with Crippen LogP contribution in [-0.4, -0.2) is 34.6 Å². The van der Waals surface area contributed by atoms with Gasteiger partial charge in [-0.15, -0.1) is 0 Å². The van der Waals surface area contributed by atoms with E-state index in [-0.39, 0.29) is 17.5 Å². The Morgan fingerprint density at radius 3 is 2.76 bits per heavy atom. The first-order valence-electron chi connectivity index (χ1n) is 8.35. The number of anilines is 1. The molecule has 1 saturated heterocycles. The van der Waals surface area contributed by atoms with Gasteiger partial charge in [-0.2, -0.15) is 0 Å². The van der Waals surface area contributed by atoms with Crippen molar-refractivity contribution in [2.75, 3.05) is 19.0 Å². The molecule has 2 amide bonds. The summed E-state index contributed by atoms with van der Waals surface area (Å²) >= 11 is 0. The number of hydrogen-bond acceptors (Lipinski definition) is 4. The van der Waals surface area contributed by atoms with Crippen LogP contribution in [0.15, 0.2) is 55.0 Å². The minimum atomic E-state index is -0.164. The lowest BCUT2D eigenvalue weighted by Gasteiger charge is -2.56. The summed E-state index contributed by atoms with van der Waals surface area (Å²) < 4.78 is 5.21. The quantitative estimate of drug-likeness (QED) is 0.872. The number of urea groups is 1. The Morgan fingerprint density at radius 2 is 2.04 bits per heavy atom. The molecule has 4 rings (SSSR count). The van der Waals surface area contributed by atoms with Gasteiger partial charge in [0.2, 0.25) is 0 Å². The average molecular weight is 336 g/mol. The number of ether oxygens (including phenoxy) is 1. The van der Waals surface area contributed by atoms with Crippen molar-refractivity contribution in [3.05, 3.63) is 60.6 Å². The molecule has 6 heteroatoms. The van der Waals surface area contributed by atoms with E-state index >= 15 is 0 Å². The zero-order valence-corrected chi connectivity index (χ0v) is 14.1. The van der Waals surface area contributed by atoms with Gasteiger partial charge in [-0.3, -0.25) is 5.32 Å². The van der Waals surface area contributed by atoms with Crippen LogP contribution in [0.5, 0.6) is 5.75 Å². The number of benzene rings is 1. The van der Waals surface area contributed by atoms with E-state index in [0.29, 0.717) is 11.6 Å². The second-order valence-corrected chi connectivity index (χ2v) is 6.55. The van der Waals surface area contributed by atoms with Crippen LogP contribution < -0.4 is 10.1 Å². The maximum atomic E-state index is 12.9. The van der Waals surface area contributed by atoms with Gasteiger partial charge in [-0.1, -0.05) is 42.5 Å². The lowest BCUT2D eigenvalue weighted by atomic mass is 9.67. The number of likely N-dealkylation sites (tertiary alicyclic amines) is 1. The SMILES string of the molecule is COc1cncnc1NC(=O)N1CC2(CC=CC2)C1c1ccccc1. The number of allylic oxidation sites excluding steroid dienone is 2. The Hall–Kier alpha value is -2.89. The van der Waals surface area contributed by atoms with Gasteiger partial charge < -0.3 is 9.64 Å². The van der Waals surface area contributed by atoms with Crippen LogP contribution >= 0.6 is 0 Å². The predicted molar refractivity (Wildman–Crippen MR) is 94.3 cm³/mol. The molecule has 0 bridgehead atoms. The van der Waals surface area contributed by atoms with Gasteiger partial charge in [-0.05, 0) is 18.4 Å². The molecule has 1 aromatic heterocycles. The van der Waals surface area contributed by atoms with E-state index in [9.17, 15) is 4.79 Å². The van der Waals surface area contributed by atoms with E-state index in [0.717, 1.165) is 19.4 Å². The van der Waals surface area contributed by atoms with Crippen LogP contribution in [0.2, 0.25) is 0 Å². The molecule has 2 heterocycles. The standard InChI is InChI=1S/C19H20N4O2/c1-25-15-11-20-13-21-17(15)22-18(24)23-12-19(9-5-6-10-19)16(23)14-7-3-2-4-8-14/h2-8,11,13,16H,9-10,12H2,1H3,(H,20,21,22,24). The second kappa shape index (κ2) is 6.20. The molecule has 0 saturated carbocycles. The minimum Gasteiger partial charge on any atom is -0.491 e. The summed E-state index contributed by atoms with van der Waals surface area (Å²) in [5.41, 5.74) is 1.29. The molecule has 2 aliphatic rings. The van der Waals surface area contributed by atoms with E-state index in [1.807, 2.05) is 23.1 Å². The zero-order valence-electron chi connectivity index (χ0n) is 14.1. The Labute approximate surface area is 146 Å². The third-order valence-corrected chi connectivity index (χ3v) is 5.09. The third kappa shape index (κ3) is 2.63. The largest absolute Gasteiger partial charge is 0.491 e. The van der Waals surface area contributed by atoms with Crippen LogP contribution in [0.3, 0.4) is 0 Å². The van der Waals surface area contributed by atoms with Crippen LogP contribution in [0, 0.1) is 5.41 Å². The Kier molecular flexibility index (Phi) is 3.87. The highest BCUT2D eigenvalue weighted by atomic mass is 16.5. The van der Waals surface area contributed by atoms with Gasteiger partial charge >= 0.3 is 6.03 Å². The molecular formula is C19H20N4O2. The van der Waals surface area contributed by atoms with E-state index in [1.165, 1.54) is 25.2 Å². The van der Waals surface area contributed by atoms with Crippen molar-refractivity contribution >= 4 is 11.8 Å². The number of amides is 2. The summed E-state index contributed by atoms with van der Waals surface area (Å²) in [6.45, 7) is 0.735. The van der Waals surface area contributed by atoms with Crippen molar-refractivity contribution in [2.24, 2.45) is 5.41 Å². The first-order chi connectivity index (χ1) is 12.2. The normalized spacial score (nSPS) is 20.4. The molecule has 2 aromatic rings. The Morgan fingerprint density at radius 1 is 1.28 bits per heavy atom. The zero-order chi connectivity index (χ0) is 17.3. The number of methoxy groups -OCH3 is 1. The molecule has 1 unspecified atom stereocenters. The highest BCUT2D eigenvalue weighted by Crippen LogP contribution is 2.56. The predicted octanol–water partition coefficient (Wildman–Crippen LogP) is 3.41.